The lowest BCUT2D eigenvalue weighted by atomic mass is 9.98. The number of benzene rings is 1. The standard InChI is InChI=1S/C25H42N2O5/c1-18(2)14-20(26-23(30)32-25(6,7)8)21(28)16-27(15-19-12-10-9-11-13-19)17-22(29)31-24(3,4)5/h9-13,18,20-21,28H,14-17H2,1-8H3,(H,26,30)/t20-,21-/m1/s1. The van der Waals surface area contributed by atoms with Crippen molar-refractivity contribution in [1.29, 1.82) is 0 Å². The van der Waals surface area contributed by atoms with Crippen LogP contribution in [-0.4, -0.2) is 58.5 Å². The minimum absolute atomic E-state index is 0.0318. The number of carbonyl (C=O) groups is 2. The summed E-state index contributed by atoms with van der Waals surface area (Å²) in [6.07, 6.45) is -0.883. The van der Waals surface area contributed by atoms with Gasteiger partial charge in [0.25, 0.3) is 0 Å². The molecule has 0 aliphatic heterocycles. The van der Waals surface area contributed by atoms with E-state index in [4.69, 9.17) is 9.47 Å². The van der Waals surface area contributed by atoms with Crippen LogP contribution in [0.3, 0.4) is 0 Å². The van der Waals surface area contributed by atoms with Crippen LogP contribution in [0.2, 0.25) is 0 Å². The maximum Gasteiger partial charge on any atom is 0.407 e. The average Bonchev–Trinajstić information content (AvgIpc) is 2.58. The van der Waals surface area contributed by atoms with Crippen molar-refractivity contribution in [2.45, 2.75) is 91.7 Å². The van der Waals surface area contributed by atoms with E-state index in [9.17, 15) is 14.7 Å². The maximum absolute atomic E-state index is 12.5. The van der Waals surface area contributed by atoms with E-state index in [1.165, 1.54) is 0 Å². The van der Waals surface area contributed by atoms with E-state index in [1.807, 2.05) is 69.9 Å². The fourth-order valence-electron chi connectivity index (χ4n) is 3.25. The van der Waals surface area contributed by atoms with Gasteiger partial charge in [-0.25, -0.2) is 4.79 Å². The van der Waals surface area contributed by atoms with Crippen LogP contribution in [0.25, 0.3) is 0 Å². The lowest BCUT2D eigenvalue weighted by Crippen LogP contribution is -2.50. The summed E-state index contributed by atoms with van der Waals surface area (Å²) in [5.41, 5.74) is -0.205. The Balaban J connectivity index is 2.95. The molecule has 2 N–H and O–H groups in total. The molecule has 0 spiro atoms. The number of alkyl carbamates (subject to hydrolysis) is 1. The van der Waals surface area contributed by atoms with Gasteiger partial charge in [0.2, 0.25) is 0 Å². The van der Waals surface area contributed by atoms with Gasteiger partial charge >= 0.3 is 12.1 Å². The molecule has 0 saturated heterocycles. The van der Waals surface area contributed by atoms with Crippen molar-refractivity contribution < 1.29 is 24.2 Å². The lowest BCUT2D eigenvalue weighted by molar-refractivity contribution is -0.156. The van der Waals surface area contributed by atoms with E-state index in [0.717, 1.165) is 5.56 Å². The molecule has 7 heteroatoms. The molecular weight excluding hydrogens is 408 g/mol. The summed E-state index contributed by atoms with van der Waals surface area (Å²) in [5.74, 6) is -0.112. The Kier molecular flexibility index (Phi) is 10.6. The first-order chi connectivity index (χ1) is 14.6. The summed E-state index contributed by atoms with van der Waals surface area (Å²) in [7, 11) is 0. The first-order valence-corrected chi connectivity index (χ1v) is 11.3. The number of carbonyl (C=O) groups excluding carboxylic acids is 2. The summed E-state index contributed by atoms with van der Waals surface area (Å²) in [5, 5.41) is 13.8. The van der Waals surface area contributed by atoms with Crippen molar-refractivity contribution >= 4 is 12.1 Å². The summed E-state index contributed by atoms with van der Waals surface area (Å²) in [6.45, 7) is 15.6. The van der Waals surface area contributed by atoms with Crippen molar-refractivity contribution in [3.63, 3.8) is 0 Å². The van der Waals surface area contributed by atoms with Gasteiger partial charge in [-0.1, -0.05) is 44.2 Å². The molecule has 0 unspecified atom stereocenters. The van der Waals surface area contributed by atoms with E-state index >= 15 is 0 Å². The fourth-order valence-corrected chi connectivity index (χ4v) is 3.25. The van der Waals surface area contributed by atoms with Crippen LogP contribution in [0.15, 0.2) is 30.3 Å². The zero-order valence-electron chi connectivity index (χ0n) is 21.0. The van der Waals surface area contributed by atoms with Crippen LogP contribution in [0.4, 0.5) is 4.79 Å². The first kappa shape index (κ1) is 27.9. The molecule has 1 aromatic rings. The number of hydrogen-bond acceptors (Lipinski definition) is 6. The molecule has 32 heavy (non-hydrogen) atoms. The van der Waals surface area contributed by atoms with Gasteiger partial charge in [-0.15, -0.1) is 0 Å². The second-order valence-corrected chi connectivity index (χ2v) is 10.7. The van der Waals surface area contributed by atoms with E-state index in [0.29, 0.717) is 13.0 Å². The fraction of sp³-hybridized carbons (Fsp3) is 0.680. The molecule has 0 aromatic heterocycles. The van der Waals surface area contributed by atoms with Crippen molar-refractivity contribution in [1.82, 2.24) is 10.2 Å². The summed E-state index contributed by atoms with van der Waals surface area (Å²) in [6, 6.07) is 9.23. The van der Waals surface area contributed by atoms with E-state index < -0.39 is 29.4 Å². The Morgan fingerprint density at radius 2 is 1.56 bits per heavy atom. The van der Waals surface area contributed by atoms with E-state index in [-0.39, 0.29) is 25.0 Å². The molecule has 0 saturated carbocycles. The highest BCUT2D eigenvalue weighted by atomic mass is 16.6. The number of hydrogen-bond donors (Lipinski definition) is 2. The normalized spacial score (nSPS) is 14.2. The number of nitrogens with one attached hydrogen (secondary N) is 1. The van der Waals surface area contributed by atoms with Gasteiger partial charge in [-0.3, -0.25) is 9.69 Å². The van der Waals surface area contributed by atoms with Crippen LogP contribution in [0, 0.1) is 5.92 Å². The molecule has 1 amide bonds. The Labute approximate surface area is 193 Å². The van der Waals surface area contributed by atoms with Gasteiger partial charge in [0.15, 0.2) is 0 Å². The van der Waals surface area contributed by atoms with Crippen LogP contribution >= 0.6 is 0 Å². The zero-order valence-corrected chi connectivity index (χ0v) is 21.0. The van der Waals surface area contributed by atoms with Crippen LogP contribution in [0.5, 0.6) is 0 Å². The third-order valence-corrected chi connectivity index (χ3v) is 4.36. The van der Waals surface area contributed by atoms with Gasteiger partial charge in [0, 0.05) is 13.1 Å². The average molecular weight is 451 g/mol. The highest BCUT2D eigenvalue weighted by Crippen LogP contribution is 2.15. The summed E-state index contributed by atoms with van der Waals surface area (Å²) >= 11 is 0. The summed E-state index contributed by atoms with van der Waals surface area (Å²) < 4.78 is 10.9. The Hall–Kier alpha value is -2.12. The molecule has 1 rings (SSSR count). The largest absolute Gasteiger partial charge is 0.459 e. The lowest BCUT2D eigenvalue weighted by Gasteiger charge is -2.32. The minimum atomic E-state index is -0.893. The predicted molar refractivity (Wildman–Crippen MR) is 126 cm³/mol. The number of esters is 1. The second kappa shape index (κ2) is 12.2. The number of amides is 1. The molecule has 0 radical (unpaired) electrons. The Morgan fingerprint density at radius 1 is 1.00 bits per heavy atom. The molecule has 0 aliphatic carbocycles. The molecule has 1 aromatic carbocycles. The number of aliphatic hydroxyl groups is 1. The molecule has 0 bridgehead atoms. The van der Waals surface area contributed by atoms with Crippen LogP contribution in [0.1, 0.15) is 67.4 Å². The molecule has 7 nitrogen and oxygen atoms in total. The topological polar surface area (TPSA) is 88.1 Å². The van der Waals surface area contributed by atoms with Gasteiger partial charge < -0.3 is 19.9 Å². The van der Waals surface area contributed by atoms with Gasteiger partial charge in [-0.2, -0.15) is 0 Å². The highest BCUT2D eigenvalue weighted by Gasteiger charge is 2.28. The van der Waals surface area contributed by atoms with E-state index in [2.05, 4.69) is 5.32 Å². The zero-order chi connectivity index (χ0) is 24.5. The monoisotopic (exact) mass is 450 g/mol. The summed E-state index contributed by atoms with van der Waals surface area (Å²) in [4.78, 5) is 26.7. The third-order valence-electron chi connectivity index (χ3n) is 4.36. The number of ether oxygens (including phenoxy) is 2. The molecular formula is C25H42N2O5. The van der Waals surface area contributed by atoms with Crippen molar-refractivity contribution in [3.8, 4) is 0 Å². The second-order valence-electron chi connectivity index (χ2n) is 10.7. The van der Waals surface area contributed by atoms with Gasteiger partial charge in [-0.05, 0) is 59.4 Å². The first-order valence-electron chi connectivity index (χ1n) is 11.3. The number of nitrogens with zero attached hydrogens (tertiary/aromatic N) is 1. The molecule has 2 atom stereocenters. The van der Waals surface area contributed by atoms with Crippen molar-refractivity contribution in [3.05, 3.63) is 35.9 Å². The molecule has 0 fully saturated rings. The maximum atomic E-state index is 12.5. The van der Waals surface area contributed by atoms with Gasteiger partial charge in [0.1, 0.15) is 11.2 Å². The van der Waals surface area contributed by atoms with E-state index in [1.54, 1.807) is 20.8 Å². The number of aliphatic hydroxyl groups excluding tert-OH is 1. The molecule has 0 aliphatic rings. The highest BCUT2D eigenvalue weighted by molar-refractivity contribution is 5.72. The number of rotatable bonds is 10. The Bertz CT molecular complexity index is 707. The van der Waals surface area contributed by atoms with Crippen LogP contribution in [-0.2, 0) is 20.8 Å². The SMILES string of the molecule is CC(C)C[C@@H](NC(=O)OC(C)(C)C)[C@H](O)CN(CC(=O)OC(C)(C)C)Cc1ccccc1. The quantitative estimate of drug-likeness (QED) is 0.521. The third kappa shape index (κ3) is 12.7. The molecule has 0 heterocycles. The Morgan fingerprint density at radius 3 is 2.06 bits per heavy atom. The minimum Gasteiger partial charge on any atom is -0.459 e. The molecule has 182 valence electrons. The van der Waals surface area contributed by atoms with Gasteiger partial charge in [0.05, 0.1) is 18.7 Å². The smallest absolute Gasteiger partial charge is 0.407 e. The van der Waals surface area contributed by atoms with Crippen molar-refractivity contribution in [2.75, 3.05) is 13.1 Å². The predicted octanol–water partition coefficient (Wildman–Crippen LogP) is 4.13. The van der Waals surface area contributed by atoms with Crippen molar-refractivity contribution in [2.24, 2.45) is 5.92 Å². The van der Waals surface area contributed by atoms with Crippen LogP contribution < -0.4 is 5.32 Å².